The summed E-state index contributed by atoms with van der Waals surface area (Å²) < 4.78 is 32.3. The first-order valence-electron chi connectivity index (χ1n) is 9.35. The molecule has 2 aliphatic heterocycles. The van der Waals surface area contributed by atoms with E-state index in [0.29, 0.717) is 35.9 Å². The predicted molar refractivity (Wildman–Crippen MR) is 112 cm³/mol. The van der Waals surface area contributed by atoms with E-state index < -0.39 is 10.0 Å². The highest BCUT2D eigenvalue weighted by molar-refractivity contribution is 7.90. The third-order valence-electron chi connectivity index (χ3n) is 4.69. The molecule has 0 radical (unpaired) electrons. The maximum absolute atomic E-state index is 12.0. The van der Waals surface area contributed by atoms with Gasteiger partial charge in [0.15, 0.2) is 0 Å². The molecule has 1 aromatic carbocycles. The van der Waals surface area contributed by atoms with E-state index >= 15 is 0 Å². The van der Waals surface area contributed by atoms with E-state index in [1.54, 1.807) is 5.38 Å². The van der Waals surface area contributed by atoms with E-state index in [1.165, 1.54) is 16.9 Å². The lowest BCUT2D eigenvalue weighted by atomic mass is 10.1. The van der Waals surface area contributed by atoms with Gasteiger partial charge in [0, 0.05) is 48.9 Å². The molecular formula is C20H23N3O3S2. The van der Waals surface area contributed by atoms with Crippen LogP contribution >= 0.6 is 11.3 Å². The molecule has 4 rings (SSSR count). The summed E-state index contributed by atoms with van der Waals surface area (Å²) in [4.78, 5) is 7.14. The van der Waals surface area contributed by atoms with Crippen LogP contribution in [0, 0.1) is 0 Å². The molecule has 2 aliphatic rings. The van der Waals surface area contributed by atoms with Crippen LogP contribution in [0.1, 0.15) is 24.0 Å². The number of rotatable bonds is 7. The van der Waals surface area contributed by atoms with Gasteiger partial charge in [0.25, 0.3) is 10.0 Å². The Hall–Kier alpha value is -2.16. The summed E-state index contributed by atoms with van der Waals surface area (Å²) >= 11 is 1.37. The van der Waals surface area contributed by atoms with Crippen molar-refractivity contribution in [2.45, 2.75) is 24.3 Å². The average molecular weight is 418 g/mol. The third kappa shape index (κ3) is 4.45. The number of hydrogen-bond acceptors (Lipinski definition) is 6. The Kier molecular flexibility index (Phi) is 5.79. The summed E-state index contributed by atoms with van der Waals surface area (Å²) in [6, 6.07) is 8.21. The largest absolute Gasteiger partial charge is 0.494 e. The molecule has 0 saturated heterocycles. The molecule has 0 atom stereocenters. The molecule has 8 heteroatoms. The standard InChI is InChI=1S/C20H23N3O3S2/c24-28(25)19-15-27-14-18(19)20(22-28)21-8-5-11-26-17-7-4-6-16(12-17)13-23-9-2-1-3-10-23/h1-2,4,6-7,12,14-15H,3,5,8-11,13H2,(H,21,22). The Morgan fingerprint density at radius 1 is 1.25 bits per heavy atom. The van der Waals surface area contributed by atoms with Gasteiger partial charge in [-0.25, -0.2) is 8.42 Å². The van der Waals surface area contributed by atoms with Crippen LogP contribution in [0.2, 0.25) is 0 Å². The van der Waals surface area contributed by atoms with Crippen LogP contribution in [-0.2, 0) is 16.6 Å². The number of sulfonamides is 1. The zero-order chi connectivity index (χ0) is 19.4. The van der Waals surface area contributed by atoms with Crippen molar-refractivity contribution in [1.29, 1.82) is 0 Å². The normalized spacial score (nSPS) is 19.5. The molecule has 3 heterocycles. The second kappa shape index (κ2) is 8.46. The zero-order valence-electron chi connectivity index (χ0n) is 15.5. The van der Waals surface area contributed by atoms with Crippen LogP contribution in [0.25, 0.3) is 0 Å². The van der Waals surface area contributed by atoms with Crippen molar-refractivity contribution in [3.63, 3.8) is 0 Å². The predicted octanol–water partition coefficient (Wildman–Crippen LogP) is 3.02. The molecule has 0 unspecified atom stereocenters. The van der Waals surface area contributed by atoms with E-state index in [9.17, 15) is 8.42 Å². The summed E-state index contributed by atoms with van der Waals surface area (Å²) in [5.41, 5.74) is 1.92. The Morgan fingerprint density at radius 2 is 2.18 bits per heavy atom. The van der Waals surface area contributed by atoms with Gasteiger partial charge in [-0.3, -0.25) is 14.6 Å². The van der Waals surface area contributed by atoms with Crippen LogP contribution in [0.5, 0.6) is 5.75 Å². The fourth-order valence-corrected chi connectivity index (χ4v) is 5.72. The maximum Gasteiger partial charge on any atom is 0.264 e. The number of fused-ring (bicyclic) bond motifs is 1. The van der Waals surface area contributed by atoms with Crippen molar-refractivity contribution < 1.29 is 13.2 Å². The van der Waals surface area contributed by atoms with Crippen LogP contribution in [0.3, 0.4) is 0 Å². The molecule has 0 saturated carbocycles. The van der Waals surface area contributed by atoms with Gasteiger partial charge in [0.1, 0.15) is 16.5 Å². The van der Waals surface area contributed by atoms with Gasteiger partial charge >= 0.3 is 0 Å². The third-order valence-corrected chi connectivity index (χ3v) is 6.96. The van der Waals surface area contributed by atoms with Crippen molar-refractivity contribution in [2.24, 2.45) is 4.99 Å². The van der Waals surface area contributed by atoms with E-state index in [1.807, 2.05) is 17.5 Å². The minimum Gasteiger partial charge on any atom is -0.494 e. The first-order valence-corrected chi connectivity index (χ1v) is 11.8. The number of nitrogens with one attached hydrogen (secondary N) is 1. The van der Waals surface area contributed by atoms with Gasteiger partial charge in [0.2, 0.25) is 0 Å². The Balaban J connectivity index is 1.26. The van der Waals surface area contributed by atoms with Crippen LogP contribution in [-0.4, -0.2) is 45.4 Å². The lowest BCUT2D eigenvalue weighted by molar-refractivity contribution is 0.288. The monoisotopic (exact) mass is 417 g/mol. The van der Waals surface area contributed by atoms with Crippen molar-refractivity contribution in [3.8, 4) is 5.75 Å². The molecule has 28 heavy (non-hydrogen) atoms. The van der Waals surface area contributed by atoms with Crippen molar-refractivity contribution >= 4 is 27.2 Å². The van der Waals surface area contributed by atoms with E-state index in [0.717, 1.165) is 31.8 Å². The lowest BCUT2D eigenvalue weighted by Crippen LogP contribution is -2.26. The number of hydrogen-bond donors (Lipinski definition) is 1. The van der Waals surface area contributed by atoms with Crippen LogP contribution in [0.15, 0.2) is 57.1 Å². The summed E-state index contributed by atoms with van der Waals surface area (Å²) in [5, 5.41) is 3.45. The van der Waals surface area contributed by atoms with E-state index in [4.69, 9.17) is 4.74 Å². The summed E-state index contributed by atoms with van der Waals surface area (Å²) in [6.07, 6.45) is 6.28. The molecular weight excluding hydrogens is 394 g/mol. The van der Waals surface area contributed by atoms with Crippen molar-refractivity contribution in [3.05, 3.63) is 58.3 Å². The van der Waals surface area contributed by atoms with E-state index in [-0.39, 0.29) is 0 Å². The second-order valence-electron chi connectivity index (χ2n) is 6.83. The molecule has 0 bridgehead atoms. The molecule has 1 N–H and O–H groups in total. The van der Waals surface area contributed by atoms with Gasteiger partial charge in [-0.15, -0.1) is 0 Å². The number of nitrogens with zero attached hydrogens (tertiary/aromatic N) is 2. The second-order valence-corrected chi connectivity index (χ2v) is 9.22. The lowest BCUT2D eigenvalue weighted by Gasteiger charge is -2.23. The summed E-state index contributed by atoms with van der Waals surface area (Å²) in [7, 11) is -3.42. The van der Waals surface area contributed by atoms with Crippen molar-refractivity contribution in [2.75, 3.05) is 26.2 Å². The van der Waals surface area contributed by atoms with Gasteiger partial charge in [-0.2, -0.15) is 11.3 Å². The first-order chi connectivity index (χ1) is 13.6. The Morgan fingerprint density at radius 3 is 3.04 bits per heavy atom. The topological polar surface area (TPSA) is 71.0 Å². The Labute approximate surface area is 169 Å². The molecule has 0 spiro atoms. The number of benzene rings is 1. The maximum atomic E-state index is 12.0. The number of thiophene rings is 1. The highest BCUT2D eigenvalue weighted by Gasteiger charge is 2.31. The quantitative estimate of drug-likeness (QED) is 0.555. The van der Waals surface area contributed by atoms with Gasteiger partial charge in [0.05, 0.1) is 6.61 Å². The molecule has 0 fully saturated rings. The van der Waals surface area contributed by atoms with Gasteiger partial charge in [-0.05, 0) is 24.1 Å². The van der Waals surface area contributed by atoms with Crippen LogP contribution in [0.4, 0.5) is 0 Å². The molecule has 1 aromatic heterocycles. The van der Waals surface area contributed by atoms with E-state index in [2.05, 4.69) is 38.9 Å². The minimum atomic E-state index is -3.42. The molecule has 0 amide bonds. The number of ether oxygens (including phenoxy) is 1. The van der Waals surface area contributed by atoms with Gasteiger partial charge in [-0.1, -0.05) is 24.3 Å². The first kappa shape index (κ1) is 19.2. The number of amidine groups is 1. The highest BCUT2D eigenvalue weighted by atomic mass is 32.2. The summed E-state index contributed by atoms with van der Waals surface area (Å²) in [6.45, 7) is 4.07. The number of aliphatic imine (C=N–C) groups is 1. The highest BCUT2D eigenvalue weighted by Crippen LogP contribution is 2.26. The minimum absolute atomic E-state index is 0.327. The molecule has 6 nitrogen and oxygen atoms in total. The van der Waals surface area contributed by atoms with Gasteiger partial charge < -0.3 is 4.74 Å². The zero-order valence-corrected chi connectivity index (χ0v) is 17.1. The molecule has 2 aromatic rings. The molecule has 0 aliphatic carbocycles. The fraction of sp³-hybridized carbons (Fsp3) is 0.350. The smallest absolute Gasteiger partial charge is 0.264 e. The fourth-order valence-electron chi connectivity index (χ4n) is 3.29. The summed E-state index contributed by atoms with van der Waals surface area (Å²) in [5.74, 6) is 1.30. The molecule has 148 valence electrons. The average Bonchev–Trinajstić information content (AvgIpc) is 3.26. The Bertz CT molecular complexity index is 996. The SMILES string of the molecule is O=S1(=O)NC(=NCCCOc2cccc(CN3CC=CCC3)c2)c2cscc21. The van der Waals surface area contributed by atoms with Crippen LogP contribution < -0.4 is 9.46 Å². The van der Waals surface area contributed by atoms with Crippen molar-refractivity contribution in [1.82, 2.24) is 9.62 Å².